The lowest BCUT2D eigenvalue weighted by Gasteiger charge is -2.38. The molecule has 22 heavy (non-hydrogen) atoms. The molecule has 1 aromatic rings. The Kier molecular flexibility index (Phi) is 6.71. The molecule has 1 rings (SSSR count). The molecule has 0 spiro atoms. The third-order valence-electron chi connectivity index (χ3n) is 4.25. The summed E-state index contributed by atoms with van der Waals surface area (Å²) < 4.78 is 18.8. The lowest BCUT2D eigenvalue weighted by Crippen LogP contribution is -2.45. The van der Waals surface area contributed by atoms with E-state index in [0.717, 1.165) is 16.7 Å². The van der Waals surface area contributed by atoms with Gasteiger partial charge in [0.05, 0.1) is 22.7 Å². The highest BCUT2D eigenvalue weighted by molar-refractivity contribution is 7.85. The second kappa shape index (κ2) is 7.66. The summed E-state index contributed by atoms with van der Waals surface area (Å²) in [4.78, 5) is 11.7. The normalized spacial score (nSPS) is 15.4. The van der Waals surface area contributed by atoms with Crippen molar-refractivity contribution in [3.05, 3.63) is 29.8 Å². The summed E-state index contributed by atoms with van der Waals surface area (Å²) in [5.74, 6) is 0.369. The van der Waals surface area contributed by atoms with Crippen LogP contribution in [0.15, 0.2) is 29.2 Å². The first-order valence-corrected chi connectivity index (χ1v) is 11.9. The van der Waals surface area contributed by atoms with Gasteiger partial charge >= 0.3 is 0 Å². The van der Waals surface area contributed by atoms with E-state index < -0.39 is 19.1 Å². The van der Waals surface area contributed by atoms with Gasteiger partial charge in [-0.05, 0) is 37.2 Å². The Hall–Kier alpha value is -0.783. The minimum absolute atomic E-state index is 0.0689. The molecule has 0 aliphatic rings. The molecule has 0 bridgehead atoms. The lowest BCUT2D eigenvalue weighted by atomic mass is 10.2. The molecule has 0 fully saturated rings. The van der Waals surface area contributed by atoms with Crippen molar-refractivity contribution >= 4 is 25.4 Å². The van der Waals surface area contributed by atoms with Crippen molar-refractivity contribution in [1.29, 1.82) is 0 Å². The molecule has 0 radical (unpaired) electrons. The maximum absolute atomic E-state index is 12.5. The van der Waals surface area contributed by atoms with Crippen LogP contribution in [0.3, 0.4) is 0 Å². The zero-order chi connectivity index (χ0) is 17.0. The Labute approximate surface area is 138 Å². The van der Waals surface area contributed by atoms with Crippen molar-refractivity contribution in [3.8, 4) is 0 Å². The van der Waals surface area contributed by atoms with Gasteiger partial charge in [-0.3, -0.25) is 4.21 Å². The lowest BCUT2D eigenvalue weighted by molar-refractivity contribution is -0.109. The number of carbonyl (C=O) groups excluding carboxylic acids is 1. The topological polar surface area (TPSA) is 43.4 Å². The Morgan fingerprint density at radius 1 is 1.23 bits per heavy atom. The summed E-state index contributed by atoms with van der Waals surface area (Å²) >= 11 is 0. The summed E-state index contributed by atoms with van der Waals surface area (Å²) in [5.41, 5.74) is 1.14. The summed E-state index contributed by atoms with van der Waals surface area (Å²) in [5, 5.41) is 0.0689. The van der Waals surface area contributed by atoms with E-state index in [9.17, 15) is 9.00 Å². The second-order valence-corrected chi connectivity index (χ2v) is 13.5. The van der Waals surface area contributed by atoms with Crippen LogP contribution in [0.4, 0.5) is 0 Å². The van der Waals surface area contributed by atoms with Crippen LogP contribution in [-0.2, 0) is 20.0 Å². The van der Waals surface area contributed by atoms with Gasteiger partial charge in [-0.25, -0.2) is 0 Å². The second-order valence-electron chi connectivity index (χ2n) is 7.23. The molecule has 3 nitrogen and oxygen atoms in total. The van der Waals surface area contributed by atoms with Crippen LogP contribution < -0.4 is 0 Å². The first-order valence-electron chi connectivity index (χ1n) is 7.63. The van der Waals surface area contributed by atoms with E-state index in [0.29, 0.717) is 12.2 Å². The highest BCUT2D eigenvalue weighted by atomic mass is 32.2. The van der Waals surface area contributed by atoms with Gasteiger partial charge in [0.25, 0.3) is 0 Å². The maximum Gasteiger partial charge on any atom is 0.192 e. The van der Waals surface area contributed by atoms with Crippen LogP contribution in [0.5, 0.6) is 0 Å². The van der Waals surface area contributed by atoms with E-state index in [4.69, 9.17) is 4.43 Å². The minimum Gasteiger partial charge on any atom is -0.413 e. The predicted octanol–water partition coefficient (Wildman–Crippen LogP) is 4.08. The fourth-order valence-electron chi connectivity index (χ4n) is 1.81. The molecule has 0 aromatic heterocycles. The summed E-state index contributed by atoms with van der Waals surface area (Å²) in [6, 6.07) is 7.68. The van der Waals surface area contributed by atoms with Crippen LogP contribution in [0.1, 0.15) is 32.8 Å². The fourth-order valence-corrected chi connectivity index (χ4v) is 4.47. The van der Waals surface area contributed by atoms with Crippen LogP contribution in [0, 0.1) is 6.92 Å². The number of hydrogen-bond acceptors (Lipinski definition) is 3. The molecule has 124 valence electrons. The van der Waals surface area contributed by atoms with E-state index in [1.54, 1.807) is 0 Å². The largest absolute Gasteiger partial charge is 0.413 e. The van der Waals surface area contributed by atoms with Gasteiger partial charge in [-0.1, -0.05) is 38.5 Å². The van der Waals surface area contributed by atoms with Gasteiger partial charge in [0.15, 0.2) is 8.32 Å². The monoisotopic (exact) mass is 340 g/mol. The summed E-state index contributed by atoms with van der Waals surface area (Å²) in [6.07, 6.45) is 0.884. The minimum atomic E-state index is -1.98. The number of rotatable bonds is 7. The van der Waals surface area contributed by atoms with E-state index >= 15 is 0 Å². The Morgan fingerprint density at radius 2 is 1.77 bits per heavy atom. The number of benzene rings is 1. The third-order valence-corrected chi connectivity index (χ3v) is 10.3. The molecule has 0 aliphatic heterocycles. The number of aldehydes is 1. The molecule has 0 N–H and O–H groups in total. The van der Waals surface area contributed by atoms with Gasteiger partial charge < -0.3 is 9.22 Å². The van der Waals surface area contributed by atoms with Crippen molar-refractivity contribution in [2.24, 2.45) is 0 Å². The Bertz CT molecular complexity index is 518. The van der Waals surface area contributed by atoms with Crippen LogP contribution >= 0.6 is 0 Å². The number of hydrogen-bond donors (Lipinski definition) is 0. The van der Waals surface area contributed by atoms with Gasteiger partial charge in [0.1, 0.15) is 6.29 Å². The Balaban J connectivity index is 2.82. The molecular formula is C17H28O3SSi. The highest BCUT2D eigenvalue weighted by Crippen LogP contribution is 2.37. The molecule has 0 heterocycles. The average molecular weight is 341 g/mol. The van der Waals surface area contributed by atoms with E-state index in [1.165, 1.54) is 0 Å². The van der Waals surface area contributed by atoms with E-state index in [-0.39, 0.29) is 11.1 Å². The van der Waals surface area contributed by atoms with Crippen LogP contribution in [0.2, 0.25) is 18.1 Å². The van der Waals surface area contributed by atoms with Gasteiger partial charge in [0.2, 0.25) is 0 Å². The molecule has 1 unspecified atom stereocenters. The number of carbonyl (C=O) groups is 1. The van der Waals surface area contributed by atoms with Crippen LogP contribution in [0.25, 0.3) is 0 Å². The van der Waals surface area contributed by atoms with Crippen LogP contribution in [-0.4, -0.2) is 30.7 Å². The van der Waals surface area contributed by atoms with Crippen molar-refractivity contribution in [1.82, 2.24) is 0 Å². The predicted molar refractivity (Wildman–Crippen MR) is 95.2 cm³/mol. The molecule has 2 atom stereocenters. The first-order chi connectivity index (χ1) is 10.1. The number of aryl methyl sites for hydroxylation is 1. The molecule has 0 saturated heterocycles. The zero-order valence-electron chi connectivity index (χ0n) is 14.5. The molecule has 5 heteroatoms. The van der Waals surface area contributed by atoms with Crippen molar-refractivity contribution in [3.63, 3.8) is 0 Å². The fraction of sp³-hybridized carbons (Fsp3) is 0.588. The summed E-state index contributed by atoms with van der Waals surface area (Å²) in [7, 11) is -3.12. The maximum atomic E-state index is 12.5. The van der Waals surface area contributed by atoms with Crippen molar-refractivity contribution < 1.29 is 13.4 Å². The smallest absolute Gasteiger partial charge is 0.192 e. The summed E-state index contributed by atoms with van der Waals surface area (Å²) in [6.45, 7) is 12.8. The standard InChI is InChI=1S/C17H28O3SSi/c1-14-7-9-16(10-8-14)21(19)13-15(11-12-18)20-22(5,6)17(2,3)4/h7-10,12,15H,11,13H2,1-6H3/t15-,21?/m1/s1. The molecule has 0 aliphatic carbocycles. The SMILES string of the molecule is Cc1ccc(S(=O)C[C@@H](CC=O)O[Si](C)(C)C(C)(C)C)cc1. The molecule has 0 amide bonds. The molecular weight excluding hydrogens is 312 g/mol. The van der Waals surface area contributed by atoms with Gasteiger partial charge in [-0.15, -0.1) is 0 Å². The Morgan fingerprint density at radius 3 is 2.23 bits per heavy atom. The first kappa shape index (κ1) is 19.3. The van der Waals surface area contributed by atoms with Crippen molar-refractivity contribution in [2.75, 3.05) is 5.75 Å². The molecule has 1 aromatic carbocycles. The highest BCUT2D eigenvalue weighted by Gasteiger charge is 2.39. The van der Waals surface area contributed by atoms with Gasteiger partial charge in [-0.2, -0.15) is 0 Å². The zero-order valence-corrected chi connectivity index (χ0v) is 16.3. The van der Waals surface area contributed by atoms with E-state index in [1.807, 2.05) is 31.2 Å². The van der Waals surface area contributed by atoms with Crippen molar-refractivity contribution in [2.45, 2.75) is 63.2 Å². The quantitative estimate of drug-likeness (QED) is 0.555. The molecule has 0 saturated carbocycles. The third kappa shape index (κ3) is 5.45. The van der Waals surface area contributed by atoms with Gasteiger partial charge in [0, 0.05) is 11.3 Å². The average Bonchev–Trinajstić information content (AvgIpc) is 2.37. The van der Waals surface area contributed by atoms with E-state index in [2.05, 4.69) is 33.9 Å².